The zero-order valence-electron chi connectivity index (χ0n) is 17.2. The number of benzene rings is 2. The van der Waals surface area contributed by atoms with Crippen LogP contribution in [0.5, 0.6) is 0 Å². The van der Waals surface area contributed by atoms with Gasteiger partial charge < -0.3 is 20.6 Å². The molecule has 0 saturated carbocycles. The van der Waals surface area contributed by atoms with Gasteiger partial charge in [0, 0.05) is 0 Å². The van der Waals surface area contributed by atoms with Gasteiger partial charge in [-0.1, -0.05) is 12.1 Å². The zero-order valence-corrected chi connectivity index (χ0v) is 17.2. The van der Waals surface area contributed by atoms with Gasteiger partial charge in [-0.3, -0.25) is 0 Å². The van der Waals surface area contributed by atoms with Gasteiger partial charge in [-0.05, 0) is 87.0 Å². The fourth-order valence-electron chi connectivity index (χ4n) is 4.92. The lowest BCUT2D eigenvalue weighted by Crippen LogP contribution is -2.13. The Bertz CT molecular complexity index is 1080. The normalized spacial score (nSPS) is 21.9. The molecule has 6 heteroatoms. The summed E-state index contributed by atoms with van der Waals surface area (Å²) in [7, 11) is 0. The van der Waals surface area contributed by atoms with Gasteiger partial charge in [-0.15, -0.1) is 0 Å². The van der Waals surface area contributed by atoms with Crippen LogP contribution in [0.3, 0.4) is 0 Å². The summed E-state index contributed by atoms with van der Waals surface area (Å²) in [6.45, 7) is 2.18. The zero-order chi connectivity index (χ0) is 19.9. The maximum absolute atomic E-state index is 4.79. The van der Waals surface area contributed by atoms with Crippen molar-refractivity contribution in [3.63, 3.8) is 0 Å². The molecule has 0 bridgehead atoms. The van der Waals surface area contributed by atoms with Crippen molar-refractivity contribution in [1.82, 2.24) is 30.6 Å². The fourth-order valence-corrected chi connectivity index (χ4v) is 4.92. The van der Waals surface area contributed by atoms with Crippen molar-refractivity contribution in [3.8, 4) is 0 Å². The second-order valence-electron chi connectivity index (χ2n) is 8.74. The maximum Gasteiger partial charge on any atom is 0.124 e. The van der Waals surface area contributed by atoms with E-state index in [1.54, 1.807) is 0 Å². The van der Waals surface area contributed by atoms with Crippen LogP contribution >= 0.6 is 0 Å². The lowest BCUT2D eigenvalue weighted by Gasteiger charge is -2.04. The maximum atomic E-state index is 4.79. The van der Waals surface area contributed by atoms with E-state index in [0.717, 1.165) is 59.6 Å². The molecule has 4 aromatic rings. The molecule has 154 valence electrons. The summed E-state index contributed by atoms with van der Waals surface area (Å²) >= 11 is 0. The second-order valence-corrected chi connectivity index (χ2v) is 8.74. The molecule has 2 saturated heterocycles. The molecule has 6 nitrogen and oxygen atoms in total. The van der Waals surface area contributed by atoms with Crippen LogP contribution in [0.4, 0.5) is 0 Å². The first-order valence-corrected chi connectivity index (χ1v) is 11.3. The molecule has 0 amide bonds. The Labute approximate surface area is 175 Å². The van der Waals surface area contributed by atoms with Crippen LogP contribution in [-0.2, 0) is 12.8 Å². The predicted molar refractivity (Wildman–Crippen MR) is 120 cm³/mol. The fraction of sp³-hybridized carbons (Fsp3) is 0.417. The van der Waals surface area contributed by atoms with E-state index in [2.05, 4.69) is 57.0 Å². The van der Waals surface area contributed by atoms with Gasteiger partial charge in [0.05, 0.1) is 34.2 Å². The lowest BCUT2D eigenvalue weighted by molar-refractivity contribution is 0.614. The third kappa shape index (κ3) is 3.40. The molecule has 30 heavy (non-hydrogen) atoms. The minimum atomic E-state index is 0.381. The lowest BCUT2D eigenvalue weighted by atomic mass is 10.0. The monoisotopic (exact) mass is 400 g/mol. The summed E-state index contributed by atoms with van der Waals surface area (Å²) in [4.78, 5) is 16.7. The number of hydrogen-bond acceptors (Lipinski definition) is 4. The molecule has 2 aliphatic heterocycles. The van der Waals surface area contributed by atoms with Crippen molar-refractivity contribution in [1.29, 1.82) is 0 Å². The number of fused-ring (bicyclic) bond motifs is 2. The number of aryl methyl sites for hydroxylation is 2. The van der Waals surface area contributed by atoms with E-state index in [0.29, 0.717) is 12.1 Å². The Morgan fingerprint density at radius 1 is 0.700 bits per heavy atom. The molecule has 2 aromatic heterocycles. The summed E-state index contributed by atoms with van der Waals surface area (Å²) in [5.41, 5.74) is 7.11. The van der Waals surface area contributed by atoms with E-state index in [4.69, 9.17) is 9.97 Å². The van der Waals surface area contributed by atoms with Gasteiger partial charge in [0.2, 0.25) is 0 Å². The van der Waals surface area contributed by atoms with Crippen LogP contribution < -0.4 is 10.6 Å². The summed E-state index contributed by atoms with van der Waals surface area (Å²) in [6, 6.07) is 14.0. The number of aromatic amines is 2. The van der Waals surface area contributed by atoms with Crippen molar-refractivity contribution >= 4 is 22.1 Å². The summed E-state index contributed by atoms with van der Waals surface area (Å²) in [6.07, 6.45) is 6.83. The smallest absolute Gasteiger partial charge is 0.124 e. The van der Waals surface area contributed by atoms with Crippen LogP contribution in [-0.4, -0.2) is 33.0 Å². The quantitative estimate of drug-likeness (QED) is 0.407. The Kier molecular flexibility index (Phi) is 4.54. The number of H-pyrrole nitrogens is 2. The number of nitrogens with one attached hydrogen (secondary N) is 4. The highest BCUT2D eigenvalue weighted by atomic mass is 15.0. The molecule has 4 N–H and O–H groups in total. The van der Waals surface area contributed by atoms with E-state index in [1.165, 1.54) is 36.8 Å². The molecule has 4 heterocycles. The summed E-state index contributed by atoms with van der Waals surface area (Å²) in [5, 5.41) is 7.05. The third-order valence-electron chi connectivity index (χ3n) is 6.61. The molecule has 0 radical (unpaired) electrons. The minimum Gasteiger partial charge on any atom is -0.341 e. The summed E-state index contributed by atoms with van der Waals surface area (Å²) < 4.78 is 0. The Hall–Kier alpha value is -2.70. The summed E-state index contributed by atoms with van der Waals surface area (Å²) in [5.74, 6) is 2.16. The van der Waals surface area contributed by atoms with Crippen LogP contribution in [0.2, 0.25) is 0 Å². The van der Waals surface area contributed by atoms with Crippen LogP contribution in [0.25, 0.3) is 22.1 Å². The van der Waals surface area contributed by atoms with Crippen molar-refractivity contribution in [3.05, 3.63) is 59.2 Å². The Morgan fingerprint density at radius 3 is 1.63 bits per heavy atom. The molecule has 2 fully saturated rings. The van der Waals surface area contributed by atoms with Gasteiger partial charge in [0.1, 0.15) is 11.6 Å². The Morgan fingerprint density at radius 2 is 1.20 bits per heavy atom. The van der Waals surface area contributed by atoms with Crippen LogP contribution in [0, 0.1) is 0 Å². The number of rotatable bonds is 5. The van der Waals surface area contributed by atoms with E-state index in [1.807, 2.05) is 0 Å². The molecule has 0 spiro atoms. The highest BCUT2D eigenvalue weighted by Gasteiger charge is 2.20. The number of hydrogen-bond donors (Lipinski definition) is 4. The van der Waals surface area contributed by atoms with Crippen molar-refractivity contribution in [2.75, 3.05) is 13.1 Å². The van der Waals surface area contributed by atoms with Crippen molar-refractivity contribution in [2.24, 2.45) is 0 Å². The third-order valence-corrected chi connectivity index (χ3v) is 6.61. The van der Waals surface area contributed by atoms with Gasteiger partial charge in [0.15, 0.2) is 0 Å². The highest BCUT2D eigenvalue weighted by Crippen LogP contribution is 2.25. The SMILES string of the molecule is c1cc2nc([C@@H]3CCCN3)[nH]c2cc1CCc1ccc2nc([C@@H]3CCCN3)[nH]c2c1. The molecule has 0 aliphatic carbocycles. The molecule has 0 unspecified atom stereocenters. The van der Waals surface area contributed by atoms with E-state index < -0.39 is 0 Å². The standard InChI is InChI=1S/C24H28N6/c1-3-19(25-11-1)23-27-17-9-7-15(13-21(17)29-23)5-6-16-8-10-18-22(14-16)30-24(28-18)20-4-2-12-26-20/h7-10,13-14,19-20,25-26H,1-6,11-12H2,(H,27,29)(H,28,30)/t19-,20-/m0/s1. The van der Waals surface area contributed by atoms with Crippen molar-refractivity contribution < 1.29 is 0 Å². The molecule has 2 aromatic carbocycles. The second kappa shape index (κ2) is 7.52. The van der Waals surface area contributed by atoms with Gasteiger partial charge in [-0.2, -0.15) is 0 Å². The van der Waals surface area contributed by atoms with Gasteiger partial charge in [-0.25, -0.2) is 9.97 Å². The molecule has 2 atom stereocenters. The molecule has 6 rings (SSSR count). The number of imidazole rings is 2. The first kappa shape index (κ1) is 18.1. The average Bonchev–Trinajstić information content (AvgIpc) is 3.55. The predicted octanol–water partition coefficient (Wildman–Crippen LogP) is 4.07. The highest BCUT2D eigenvalue weighted by molar-refractivity contribution is 5.77. The van der Waals surface area contributed by atoms with Gasteiger partial charge in [0.25, 0.3) is 0 Å². The van der Waals surface area contributed by atoms with E-state index >= 15 is 0 Å². The van der Waals surface area contributed by atoms with Crippen LogP contribution in [0.1, 0.15) is 60.5 Å². The minimum absolute atomic E-state index is 0.381. The van der Waals surface area contributed by atoms with Crippen molar-refractivity contribution in [2.45, 2.75) is 50.6 Å². The first-order chi connectivity index (χ1) is 14.8. The largest absolute Gasteiger partial charge is 0.341 e. The van der Waals surface area contributed by atoms with E-state index in [-0.39, 0.29) is 0 Å². The van der Waals surface area contributed by atoms with Crippen LogP contribution in [0.15, 0.2) is 36.4 Å². The topological polar surface area (TPSA) is 81.4 Å². The number of nitrogens with zero attached hydrogens (tertiary/aromatic N) is 2. The molecular formula is C24H28N6. The number of aromatic nitrogens is 4. The first-order valence-electron chi connectivity index (χ1n) is 11.3. The molecular weight excluding hydrogens is 372 g/mol. The van der Waals surface area contributed by atoms with Gasteiger partial charge >= 0.3 is 0 Å². The molecule has 2 aliphatic rings. The van der Waals surface area contributed by atoms with E-state index in [9.17, 15) is 0 Å². The average molecular weight is 401 g/mol. The Balaban J connectivity index is 1.18.